The van der Waals surface area contributed by atoms with Crippen LogP contribution in [-0.4, -0.2) is 85.5 Å². The summed E-state index contributed by atoms with van der Waals surface area (Å²) in [5, 5.41) is 2.95. The molecule has 4 rings (SSSR count). The molecule has 1 aliphatic rings. The predicted molar refractivity (Wildman–Crippen MR) is 119 cm³/mol. The molecule has 31 heavy (non-hydrogen) atoms. The van der Waals surface area contributed by atoms with E-state index in [1.807, 2.05) is 24.3 Å². The van der Waals surface area contributed by atoms with E-state index < -0.39 is 0 Å². The van der Waals surface area contributed by atoms with Gasteiger partial charge >= 0.3 is 0 Å². The van der Waals surface area contributed by atoms with Gasteiger partial charge in [0.25, 0.3) is 0 Å². The second kappa shape index (κ2) is 9.55. The number of fused-ring (bicyclic) bond motifs is 1. The SMILES string of the molecule is CN(C)CCN1CCN(CC(=O)Nc2ccc(-c3nc4cc(F)ccc4o3)cc2)CC1. The Morgan fingerprint density at radius 2 is 1.81 bits per heavy atom. The van der Waals surface area contributed by atoms with Crippen LogP contribution in [0.4, 0.5) is 10.1 Å². The first kappa shape index (κ1) is 21.4. The standard InChI is InChI=1S/C23H28FN5O2/c1-27(2)9-10-28-11-13-29(14-12-28)16-22(30)25-19-6-3-17(4-7-19)23-26-20-15-18(24)5-8-21(20)31-23/h3-8,15H,9-14,16H2,1-2H3,(H,25,30). The Labute approximate surface area is 181 Å². The summed E-state index contributed by atoms with van der Waals surface area (Å²) in [6, 6.07) is 11.6. The van der Waals surface area contributed by atoms with Crippen molar-refractivity contribution in [2.75, 3.05) is 65.2 Å². The summed E-state index contributed by atoms with van der Waals surface area (Å²) in [6.45, 7) is 6.29. The summed E-state index contributed by atoms with van der Waals surface area (Å²) in [6.07, 6.45) is 0. The summed E-state index contributed by atoms with van der Waals surface area (Å²) in [4.78, 5) is 23.6. The Balaban J connectivity index is 1.28. The average Bonchev–Trinajstić information content (AvgIpc) is 3.17. The van der Waals surface area contributed by atoms with E-state index in [1.165, 1.54) is 12.1 Å². The molecule has 1 fully saturated rings. The van der Waals surface area contributed by atoms with Crippen LogP contribution in [-0.2, 0) is 4.79 Å². The van der Waals surface area contributed by atoms with Crippen LogP contribution in [0.3, 0.4) is 0 Å². The largest absolute Gasteiger partial charge is 0.436 e. The fourth-order valence-corrected chi connectivity index (χ4v) is 3.64. The summed E-state index contributed by atoms with van der Waals surface area (Å²) >= 11 is 0. The van der Waals surface area contributed by atoms with Crippen LogP contribution in [0.15, 0.2) is 46.9 Å². The maximum atomic E-state index is 13.3. The van der Waals surface area contributed by atoms with Gasteiger partial charge in [0, 0.05) is 56.6 Å². The number of benzene rings is 2. The highest BCUT2D eigenvalue weighted by molar-refractivity contribution is 5.92. The molecule has 0 saturated carbocycles. The lowest BCUT2D eigenvalue weighted by atomic mass is 10.2. The fraction of sp³-hybridized carbons (Fsp3) is 0.391. The number of amides is 1. The molecule has 0 spiro atoms. The highest BCUT2D eigenvalue weighted by Crippen LogP contribution is 2.25. The summed E-state index contributed by atoms with van der Waals surface area (Å²) in [5.74, 6) is 0.0535. The van der Waals surface area contributed by atoms with Gasteiger partial charge in [-0.15, -0.1) is 0 Å². The number of oxazole rings is 1. The van der Waals surface area contributed by atoms with Crippen LogP contribution in [0, 0.1) is 5.82 Å². The van der Waals surface area contributed by atoms with E-state index in [0.717, 1.165) is 50.5 Å². The van der Waals surface area contributed by atoms with Gasteiger partial charge in [-0.2, -0.15) is 0 Å². The van der Waals surface area contributed by atoms with Crippen molar-refractivity contribution < 1.29 is 13.6 Å². The van der Waals surface area contributed by atoms with Crippen LogP contribution in [0.2, 0.25) is 0 Å². The molecule has 0 radical (unpaired) electrons. The van der Waals surface area contributed by atoms with Crippen molar-refractivity contribution in [1.29, 1.82) is 0 Å². The molecular formula is C23H28FN5O2. The quantitative estimate of drug-likeness (QED) is 0.628. The zero-order valence-electron chi connectivity index (χ0n) is 18.0. The molecule has 1 saturated heterocycles. The summed E-state index contributed by atoms with van der Waals surface area (Å²) in [5.41, 5.74) is 2.51. The number of nitrogens with zero attached hydrogens (tertiary/aromatic N) is 4. The van der Waals surface area contributed by atoms with Crippen LogP contribution < -0.4 is 5.32 Å². The third-order valence-corrected chi connectivity index (χ3v) is 5.46. The monoisotopic (exact) mass is 425 g/mol. The van der Waals surface area contributed by atoms with Crippen LogP contribution in [0.5, 0.6) is 0 Å². The second-order valence-corrected chi connectivity index (χ2v) is 8.18. The van der Waals surface area contributed by atoms with Crippen molar-refractivity contribution in [2.45, 2.75) is 0 Å². The maximum Gasteiger partial charge on any atom is 0.238 e. The first-order chi connectivity index (χ1) is 15.0. The first-order valence-electron chi connectivity index (χ1n) is 10.5. The van der Waals surface area contributed by atoms with E-state index in [2.05, 4.69) is 39.1 Å². The van der Waals surface area contributed by atoms with Crippen molar-refractivity contribution in [1.82, 2.24) is 19.7 Å². The molecule has 7 nitrogen and oxygen atoms in total. The number of carbonyl (C=O) groups excluding carboxylic acids is 1. The van der Waals surface area contributed by atoms with E-state index >= 15 is 0 Å². The van der Waals surface area contributed by atoms with Crippen molar-refractivity contribution in [3.05, 3.63) is 48.3 Å². The smallest absolute Gasteiger partial charge is 0.238 e. The van der Waals surface area contributed by atoms with E-state index in [1.54, 1.807) is 6.07 Å². The average molecular weight is 426 g/mol. The van der Waals surface area contributed by atoms with Crippen molar-refractivity contribution in [3.63, 3.8) is 0 Å². The summed E-state index contributed by atoms with van der Waals surface area (Å²) in [7, 11) is 4.17. The minimum atomic E-state index is -0.347. The summed E-state index contributed by atoms with van der Waals surface area (Å²) < 4.78 is 19.0. The van der Waals surface area contributed by atoms with E-state index in [4.69, 9.17) is 4.42 Å². The zero-order chi connectivity index (χ0) is 21.8. The molecule has 1 aliphatic heterocycles. The first-order valence-corrected chi connectivity index (χ1v) is 10.5. The van der Waals surface area contributed by atoms with Crippen molar-refractivity contribution in [2.24, 2.45) is 0 Å². The minimum absolute atomic E-state index is 0.0215. The van der Waals surface area contributed by atoms with E-state index in [0.29, 0.717) is 23.5 Å². The highest BCUT2D eigenvalue weighted by atomic mass is 19.1. The van der Waals surface area contributed by atoms with Gasteiger partial charge < -0.3 is 14.6 Å². The number of hydrogen-bond acceptors (Lipinski definition) is 6. The van der Waals surface area contributed by atoms with Gasteiger partial charge in [-0.1, -0.05) is 0 Å². The zero-order valence-corrected chi connectivity index (χ0v) is 18.0. The molecule has 164 valence electrons. The van der Waals surface area contributed by atoms with Crippen molar-refractivity contribution >= 4 is 22.7 Å². The number of piperazine rings is 1. The Bertz CT molecular complexity index is 1030. The molecule has 0 aliphatic carbocycles. The molecule has 0 atom stereocenters. The fourth-order valence-electron chi connectivity index (χ4n) is 3.64. The van der Waals surface area contributed by atoms with E-state index in [9.17, 15) is 9.18 Å². The molecule has 1 amide bonds. The number of carbonyl (C=O) groups is 1. The molecule has 2 aromatic carbocycles. The molecule has 3 aromatic rings. The number of nitrogens with one attached hydrogen (secondary N) is 1. The number of hydrogen-bond donors (Lipinski definition) is 1. The minimum Gasteiger partial charge on any atom is -0.436 e. The molecule has 0 bridgehead atoms. The molecule has 1 N–H and O–H groups in total. The van der Waals surface area contributed by atoms with Gasteiger partial charge in [0.15, 0.2) is 5.58 Å². The van der Waals surface area contributed by atoms with Crippen LogP contribution >= 0.6 is 0 Å². The van der Waals surface area contributed by atoms with E-state index in [-0.39, 0.29) is 11.7 Å². The number of halogens is 1. The third-order valence-electron chi connectivity index (χ3n) is 5.46. The van der Waals surface area contributed by atoms with Gasteiger partial charge in [-0.05, 0) is 50.5 Å². The number of rotatable bonds is 7. The second-order valence-electron chi connectivity index (χ2n) is 8.18. The maximum absolute atomic E-state index is 13.3. The lowest BCUT2D eigenvalue weighted by Crippen LogP contribution is -2.49. The predicted octanol–water partition coefficient (Wildman–Crippen LogP) is 2.75. The van der Waals surface area contributed by atoms with Gasteiger partial charge in [0.2, 0.25) is 11.8 Å². The molecule has 0 unspecified atom stereocenters. The lowest BCUT2D eigenvalue weighted by molar-refractivity contribution is -0.117. The van der Waals surface area contributed by atoms with Gasteiger partial charge in [-0.3, -0.25) is 14.6 Å². The third kappa shape index (κ3) is 5.66. The number of anilines is 1. The Morgan fingerprint density at radius 3 is 2.52 bits per heavy atom. The van der Waals surface area contributed by atoms with Gasteiger partial charge in [-0.25, -0.2) is 9.37 Å². The molecule has 8 heteroatoms. The Hall–Kier alpha value is -2.81. The number of aromatic nitrogens is 1. The molecule has 1 aromatic heterocycles. The van der Waals surface area contributed by atoms with Gasteiger partial charge in [0.05, 0.1) is 6.54 Å². The number of likely N-dealkylation sites (N-methyl/N-ethyl adjacent to an activating group) is 1. The van der Waals surface area contributed by atoms with Gasteiger partial charge in [0.1, 0.15) is 11.3 Å². The molecular weight excluding hydrogens is 397 g/mol. The highest BCUT2D eigenvalue weighted by Gasteiger charge is 2.19. The Morgan fingerprint density at radius 1 is 1.10 bits per heavy atom. The molecule has 2 heterocycles. The van der Waals surface area contributed by atoms with Crippen LogP contribution in [0.1, 0.15) is 0 Å². The van der Waals surface area contributed by atoms with Crippen molar-refractivity contribution in [3.8, 4) is 11.5 Å². The normalized spacial score (nSPS) is 15.6. The topological polar surface area (TPSA) is 64.8 Å². The lowest BCUT2D eigenvalue weighted by Gasteiger charge is -2.34. The van der Waals surface area contributed by atoms with Crippen LogP contribution in [0.25, 0.3) is 22.6 Å². The Kier molecular flexibility index (Phi) is 6.60.